The highest BCUT2D eigenvalue weighted by atomic mass is 16.6. The Morgan fingerprint density at radius 3 is 2.79 bits per heavy atom. The molecule has 0 amide bonds. The van der Waals surface area contributed by atoms with Crippen molar-refractivity contribution in [3.8, 4) is 0 Å². The van der Waals surface area contributed by atoms with Gasteiger partial charge in [-0.25, -0.2) is 0 Å². The summed E-state index contributed by atoms with van der Waals surface area (Å²) in [5, 5.41) is 10.7. The van der Waals surface area contributed by atoms with Crippen molar-refractivity contribution in [2.75, 3.05) is 0 Å². The molecule has 0 aromatic rings. The topological polar surface area (TPSA) is 43.1 Å². The van der Waals surface area contributed by atoms with Crippen LogP contribution in [-0.2, 0) is 0 Å². The van der Waals surface area contributed by atoms with Gasteiger partial charge in [-0.1, -0.05) is 31.7 Å². The Labute approximate surface area is 83.3 Å². The molecule has 1 rings (SSSR count). The van der Waals surface area contributed by atoms with E-state index in [-0.39, 0.29) is 16.5 Å². The third-order valence-corrected chi connectivity index (χ3v) is 2.25. The molecule has 1 aliphatic carbocycles. The molecule has 3 heteroatoms. The molecular formula is C11H13NO2. The van der Waals surface area contributed by atoms with Crippen LogP contribution in [0.3, 0.4) is 0 Å². The van der Waals surface area contributed by atoms with Crippen LogP contribution in [0.25, 0.3) is 0 Å². The van der Waals surface area contributed by atoms with E-state index in [4.69, 9.17) is 0 Å². The quantitative estimate of drug-likeness (QED) is 0.472. The molecule has 1 aliphatic rings. The van der Waals surface area contributed by atoms with Crippen LogP contribution in [0.5, 0.6) is 0 Å². The Hall–Kier alpha value is -1.64. The Balaban J connectivity index is 3.18. The molecule has 0 radical (unpaired) electrons. The molecule has 0 heterocycles. The third kappa shape index (κ3) is 2.19. The first-order valence-corrected chi connectivity index (χ1v) is 4.42. The van der Waals surface area contributed by atoms with Crippen molar-refractivity contribution in [1.29, 1.82) is 0 Å². The van der Waals surface area contributed by atoms with Crippen molar-refractivity contribution in [3.05, 3.63) is 57.8 Å². The van der Waals surface area contributed by atoms with Crippen LogP contribution in [0.2, 0.25) is 0 Å². The summed E-state index contributed by atoms with van der Waals surface area (Å²) in [4.78, 5) is 10.3. The largest absolute Gasteiger partial charge is 0.272 e. The van der Waals surface area contributed by atoms with Gasteiger partial charge in [0, 0.05) is 11.6 Å². The lowest BCUT2D eigenvalue weighted by molar-refractivity contribution is -0.420. The maximum Gasteiger partial charge on any atom is 0.272 e. The number of nitro groups is 1. The molecule has 0 N–H and O–H groups in total. The van der Waals surface area contributed by atoms with Crippen molar-refractivity contribution in [2.45, 2.75) is 13.8 Å². The van der Waals surface area contributed by atoms with Gasteiger partial charge >= 0.3 is 0 Å². The van der Waals surface area contributed by atoms with Gasteiger partial charge < -0.3 is 0 Å². The van der Waals surface area contributed by atoms with Crippen LogP contribution in [0.15, 0.2) is 47.7 Å². The lowest BCUT2D eigenvalue weighted by atomic mass is 9.97. The fraction of sp³-hybridized carbons (Fsp3) is 0.273. The maximum atomic E-state index is 10.7. The van der Waals surface area contributed by atoms with E-state index in [0.29, 0.717) is 5.57 Å². The smallest absolute Gasteiger partial charge is 0.258 e. The second kappa shape index (κ2) is 4.05. The summed E-state index contributed by atoms with van der Waals surface area (Å²) in [6.45, 7) is 7.49. The molecule has 14 heavy (non-hydrogen) atoms. The molecular weight excluding hydrogens is 178 g/mol. The molecule has 0 aromatic heterocycles. The normalized spacial score (nSPS) is 22.1. The monoisotopic (exact) mass is 191 g/mol. The van der Waals surface area contributed by atoms with Crippen molar-refractivity contribution in [2.24, 2.45) is 5.92 Å². The van der Waals surface area contributed by atoms with Crippen LogP contribution in [0.4, 0.5) is 0 Å². The second-order valence-corrected chi connectivity index (χ2v) is 3.38. The van der Waals surface area contributed by atoms with E-state index in [1.165, 1.54) is 0 Å². The van der Waals surface area contributed by atoms with Crippen molar-refractivity contribution >= 4 is 0 Å². The van der Waals surface area contributed by atoms with Crippen molar-refractivity contribution < 1.29 is 4.92 Å². The van der Waals surface area contributed by atoms with Gasteiger partial charge in [-0.2, -0.15) is 0 Å². The van der Waals surface area contributed by atoms with Crippen LogP contribution < -0.4 is 0 Å². The summed E-state index contributed by atoms with van der Waals surface area (Å²) in [5.41, 5.74) is 1.55. The lowest BCUT2D eigenvalue weighted by Crippen LogP contribution is -2.04. The minimum Gasteiger partial charge on any atom is -0.258 e. The van der Waals surface area contributed by atoms with E-state index >= 15 is 0 Å². The Morgan fingerprint density at radius 1 is 1.57 bits per heavy atom. The van der Waals surface area contributed by atoms with Crippen molar-refractivity contribution in [3.63, 3.8) is 0 Å². The van der Waals surface area contributed by atoms with E-state index in [0.717, 1.165) is 5.57 Å². The first-order valence-electron chi connectivity index (χ1n) is 4.42. The predicted molar refractivity (Wildman–Crippen MR) is 56.3 cm³/mol. The summed E-state index contributed by atoms with van der Waals surface area (Å²) in [6.07, 6.45) is 7.10. The highest BCUT2D eigenvalue weighted by Crippen LogP contribution is 2.20. The SMILES string of the molecule is C=C1C=C([N+](=O)[O-])C(C)=CC=CC1C. The standard InChI is InChI=1S/C11H13NO2/c1-8-5-4-6-9(2)11(12(13)14)7-10(8)3/h4-8H,3H2,1-2H3. The molecule has 0 aliphatic heterocycles. The zero-order valence-electron chi connectivity index (χ0n) is 8.36. The molecule has 1 atom stereocenters. The second-order valence-electron chi connectivity index (χ2n) is 3.38. The fourth-order valence-electron chi connectivity index (χ4n) is 1.19. The molecule has 3 nitrogen and oxygen atoms in total. The third-order valence-electron chi connectivity index (χ3n) is 2.25. The molecule has 0 fully saturated rings. The van der Waals surface area contributed by atoms with Gasteiger partial charge in [0.1, 0.15) is 0 Å². The van der Waals surface area contributed by atoms with Crippen molar-refractivity contribution in [1.82, 2.24) is 0 Å². The van der Waals surface area contributed by atoms with Crippen LogP contribution >= 0.6 is 0 Å². The average Bonchev–Trinajstić information content (AvgIpc) is 2.10. The van der Waals surface area contributed by atoms with Gasteiger partial charge in [0.2, 0.25) is 0 Å². The first kappa shape index (κ1) is 10.4. The average molecular weight is 191 g/mol. The minimum atomic E-state index is -0.372. The molecule has 74 valence electrons. The minimum absolute atomic E-state index is 0.131. The highest BCUT2D eigenvalue weighted by Gasteiger charge is 2.15. The summed E-state index contributed by atoms with van der Waals surface area (Å²) in [6, 6.07) is 0. The predicted octanol–water partition coefficient (Wildman–Crippen LogP) is 2.86. The summed E-state index contributed by atoms with van der Waals surface area (Å²) >= 11 is 0. The molecule has 0 saturated carbocycles. The molecule has 0 spiro atoms. The van der Waals surface area contributed by atoms with E-state index < -0.39 is 0 Å². The maximum absolute atomic E-state index is 10.7. The highest BCUT2D eigenvalue weighted by molar-refractivity contribution is 5.37. The van der Waals surface area contributed by atoms with Gasteiger partial charge in [0.15, 0.2) is 0 Å². The van der Waals surface area contributed by atoms with Gasteiger partial charge in [-0.15, -0.1) is 0 Å². The van der Waals surface area contributed by atoms with Crippen LogP contribution in [-0.4, -0.2) is 4.92 Å². The van der Waals surface area contributed by atoms with Crippen LogP contribution in [0.1, 0.15) is 13.8 Å². The summed E-state index contributed by atoms with van der Waals surface area (Å²) in [7, 11) is 0. The Morgan fingerprint density at radius 2 is 2.21 bits per heavy atom. The molecule has 0 saturated heterocycles. The molecule has 0 bridgehead atoms. The van der Waals surface area contributed by atoms with Gasteiger partial charge in [-0.3, -0.25) is 10.1 Å². The van der Waals surface area contributed by atoms with Gasteiger partial charge in [0.25, 0.3) is 5.70 Å². The number of nitrogens with zero attached hydrogens (tertiary/aromatic N) is 1. The van der Waals surface area contributed by atoms with E-state index in [9.17, 15) is 10.1 Å². The Kier molecular flexibility index (Phi) is 3.02. The Bertz CT molecular complexity index is 361. The number of allylic oxidation sites excluding steroid dienone is 6. The number of rotatable bonds is 1. The zero-order chi connectivity index (χ0) is 10.7. The number of hydrogen-bond acceptors (Lipinski definition) is 2. The summed E-state index contributed by atoms with van der Waals surface area (Å²) < 4.78 is 0. The molecule has 0 aromatic carbocycles. The van der Waals surface area contributed by atoms with Gasteiger partial charge in [0.05, 0.1) is 4.92 Å². The first-order chi connectivity index (χ1) is 6.52. The van der Waals surface area contributed by atoms with Crippen LogP contribution in [0, 0.1) is 16.0 Å². The fourth-order valence-corrected chi connectivity index (χ4v) is 1.19. The summed E-state index contributed by atoms with van der Waals surface area (Å²) in [5.74, 6) is 0.147. The lowest BCUT2D eigenvalue weighted by Gasteiger charge is -2.08. The van der Waals surface area contributed by atoms with E-state index in [1.54, 1.807) is 19.1 Å². The number of hydrogen-bond donors (Lipinski definition) is 0. The van der Waals surface area contributed by atoms with E-state index in [2.05, 4.69) is 6.58 Å². The zero-order valence-corrected chi connectivity index (χ0v) is 8.36. The molecule has 1 unspecified atom stereocenters. The van der Waals surface area contributed by atoms with E-state index in [1.807, 2.05) is 19.1 Å². The van der Waals surface area contributed by atoms with Gasteiger partial charge in [-0.05, 0) is 18.4 Å².